The van der Waals surface area contributed by atoms with Crippen molar-refractivity contribution < 1.29 is 14.7 Å². The molecule has 2 heterocycles. The average Bonchev–Trinajstić information content (AvgIpc) is 2.99. The van der Waals surface area contributed by atoms with Gasteiger partial charge in [0.15, 0.2) is 0 Å². The molecule has 1 aliphatic rings. The minimum absolute atomic E-state index is 0.0161. The summed E-state index contributed by atoms with van der Waals surface area (Å²) in [6, 6.07) is 3.79. The van der Waals surface area contributed by atoms with Crippen LogP contribution in [0, 0.1) is 5.92 Å². The first kappa shape index (κ1) is 16.0. The molecule has 21 heavy (non-hydrogen) atoms. The highest BCUT2D eigenvalue weighted by Crippen LogP contribution is 2.18. The number of hydrogen-bond donors (Lipinski definition) is 2. The third-order valence-corrected chi connectivity index (χ3v) is 4.92. The summed E-state index contributed by atoms with van der Waals surface area (Å²) in [5, 5.41) is 14.1. The summed E-state index contributed by atoms with van der Waals surface area (Å²) in [5.74, 6) is -1.12. The predicted molar refractivity (Wildman–Crippen MR) is 82.4 cm³/mol. The van der Waals surface area contributed by atoms with Crippen LogP contribution in [0.2, 0.25) is 0 Å². The molecule has 1 aromatic rings. The molecule has 2 N–H and O–H groups in total. The minimum Gasteiger partial charge on any atom is -0.481 e. The summed E-state index contributed by atoms with van der Waals surface area (Å²) in [4.78, 5) is 26.5. The molecule has 2 rings (SSSR count). The average molecular weight is 310 g/mol. The van der Waals surface area contributed by atoms with Crippen molar-refractivity contribution in [2.24, 2.45) is 5.92 Å². The van der Waals surface area contributed by atoms with Crippen LogP contribution in [0.1, 0.15) is 24.6 Å². The highest BCUT2D eigenvalue weighted by atomic mass is 32.1. The maximum Gasteiger partial charge on any atom is 0.307 e. The first-order valence-electron chi connectivity index (χ1n) is 7.35. The molecule has 116 valence electrons. The van der Waals surface area contributed by atoms with Crippen LogP contribution in [0.5, 0.6) is 0 Å². The van der Waals surface area contributed by atoms with Crippen molar-refractivity contribution in [3.8, 4) is 0 Å². The van der Waals surface area contributed by atoms with E-state index in [1.54, 1.807) is 11.3 Å². The molecule has 2 unspecified atom stereocenters. The van der Waals surface area contributed by atoms with E-state index in [0.29, 0.717) is 19.5 Å². The number of thiophene rings is 1. The highest BCUT2D eigenvalue weighted by Gasteiger charge is 2.30. The van der Waals surface area contributed by atoms with Crippen LogP contribution in [0.3, 0.4) is 0 Å². The Balaban J connectivity index is 1.77. The third-order valence-electron chi connectivity index (χ3n) is 3.98. The van der Waals surface area contributed by atoms with E-state index < -0.39 is 5.97 Å². The molecular weight excluding hydrogens is 288 g/mol. The largest absolute Gasteiger partial charge is 0.481 e. The van der Waals surface area contributed by atoms with Gasteiger partial charge in [-0.2, -0.15) is 0 Å². The van der Waals surface area contributed by atoms with E-state index >= 15 is 0 Å². The highest BCUT2D eigenvalue weighted by molar-refractivity contribution is 7.09. The molecule has 1 aliphatic heterocycles. The lowest BCUT2D eigenvalue weighted by Gasteiger charge is -2.34. The van der Waals surface area contributed by atoms with E-state index in [9.17, 15) is 9.59 Å². The fraction of sp³-hybridized carbons (Fsp3) is 0.600. The monoisotopic (exact) mass is 310 g/mol. The number of aliphatic carboxylic acids is 1. The summed E-state index contributed by atoms with van der Waals surface area (Å²) >= 11 is 1.69. The SMILES string of the molecule is CC(C(=O)NCCc1cccs1)N1CCCC(C(=O)O)C1. The van der Waals surface area contributed by atoms with Crippen LogP contribution in [-0.4, -0.2) is 47.6 Å². The van der Waals surface area contributed by atoms with E-state index in [1.165, 1.54) is 4.88 Å². The van der Waals surface area contributed by atoms with Crippen molar-refractivity contribution in [2.45, 2.75) is 32.2 Å². The molecule has 6 heteroatoms. The number of likely N-dealkylation sites (tertiary alicyclic amines) is 1. The summed E-state index contributed by atoms with van der Waals surface area (Å²) in [6.07, 6.45) is 2.39. The number of carboxylic acid groups (broad SMARTS) is 1. The van der Waals surface area contributed by atoms with Gasteiger partial charge in [0.1, 0.15) is 0 Å². The van der Waals surface area contributed by atoms with Gasteiger partial charge < -0.3 is 10.4 Å². The number of piperidine rings is 1. The normalized spacial score (nSPS) is 20.9. The van der Waals surface area contributed by atoms with E-state index in [-0.39, 0.29) is 17.9 Å². The second-order valence-electron chi connectivity index (χ2n) is 5.47. The Hall–Kier alpha value is -1.40. The Labute approximate surface area is 129 Å². The Morgan fingerprint density at radius 1 is 1.57 bits per heavy atom. The number of carbonyl (C=O) groups excluding carboxylic acids is 1. The van der Waals surface area contributed by atoms with Gasteiger partial charge in [0, 0.05) is 18.0 Å². The van der Waals surface area contributed by atoms with Crippen molar-refractivity contribution >= 4 is 23.2 Å². The zero-order valence-corrected chi connectivity index (χ0v) is 13.1. The van der Waals surface area contributed by atoms with Crippen molar-refractivity contribution in [1.29, 1.82) is 0 Å². The zero-order valence-electron chi connectivity index (χ0n) is 12.2. The zero-order chi connectivity index (χ0) is 15.2. The van der Waals surface area contributed by atoms with Crippen molar-refractivity contribution in [2.75, 3.05) is 19.6 Å². The van der Waals surface area contributed by atoms with Gasteiger partial charge in [-0.05, 0) is 44.2 Å². The number of nitrogens with one attached hydrogen (secondary N) is 1. The summed E-state index contributed by atoms with van der Waals surface area (Å²) in [5.41, 5.74) is 0. The number of rotatable bonds is 6. The second-order valence-corrected chi connectivity index (χ2v) is 6.50. The Morgan fingerprint density at radius 3 is 3.05 bits per heavy atom. The van der Waals surface area contributed by atoms with Gasteiger partial charge in [0.25, 0.3) is 0 Å². The Morgan fingerprint density at radius 2 is 2.38 bits per heavy atom. The quantitative estimate of drug-likeness (QED) is 0.837. The molecule has 1 amide bonds. The van der Waals surface area contributed by atoms with Gasteiger partial charge in [-0.15, -0.1) is 11.3 Å². The Kier molecular flexibility index (Phi) is 5.76. The molecule has 0 bridgehead atoms. The summed E-state index contributed by atoms with van der Waals surface area (Å²) < 4.78 is 0. The van der Waals surface area contributed by atoms with E-state index in [0.717, 1.165) is 19.4 Å². The van der Waals surface area contributed by atoms with E-state index in [2.05, 4.69) is 11.4 Å². The molecule has 2 atom stereocenters. The number of carbonyl (C=O) groups is 2. The fourth-order valence-electron chi connectivity index (χ4n) is 2.64. The van der Waals surface area contributed by atoms with Crippen LogP contribution in [0.4, 0.5) is 0 Å². The predicted octanol–water partition coefficient (Wildman–Crippen LogP) is 1.59. The lowest BCUT2D eigenvalue weighted by molar-refractivity contribution is -0.145. The molecule has 0 saturated carbocycles. The van der Waals surface area contributed by atoms with Crippen molar-refractivity contribution in [3.63, 3.8) is 0 Å². The first-order valence-corrected chi connectivity index (χ1v) is 8.23. The van der Waals surface area contributed by atoms with Crippen LogP contribution in [0.25, 0.3) is 0 Å². The Bertz CT molecular complexity index is 475. The second kappa shape index (κ2) is 7.56. The lowest BCUT2D eigenvalue weighted by atomic mass is 9.97. The lowest BCUT2D eigenvalue weighted by Crippen LogP contribution is -2.50. The van der Waals surface area contributed by atoms with Gasteiger partial charge in [0.2, 0.25) is 5.91 Å². The molecule has 1 fully saturated rings. The number of hydrogen-bond acceptors (Lipinski definition) is 4. The molecule has 0 radical (unpaired) electrons. The molecule has 0 spiro atoms. The van der Waals surface area contributed by atoms with Gasteiger partial charge in [0.05, 0.1) is 12.0 Å². The maximum atomic E-state index is 12.2. The van der Waals surface area contributed by atoms with Gasteiger partial charge in [-0.3, -0.25) is 14.5 Å². The molecular formula is C15H22N2O3S. The topological polar surface area (TPSA) is 69.6 Å². The number of carboxylic acids is 1. The minimum atomic E-state index is -0.759. The van der Waals surface area contributed by atoms with Crippen LogP contribution < -0.4 is 5.32 Å². The van der Waals surface area contributed by atoms with E-state index in [1.807, 2.05) is 23.3 Å². The molecule has 5 nitrogen and oxygen atoms in total. The third kappa shape index (κ3) is 4.54. The van der Waals surface area contributed by atoms with Crippen LogP contribution in [-0.2, 0) is 16.0 Å². The molecule has 1 aromatic heterocycles. The van der Waals surface area contributed by atoms with Crippen molar-refractivity contribution in [1.82, 2.24) is 10.2 Å². The van der Waals surface area contributed by atoms with E-state index in [4.69, 9.17) is 5.11 Å². The fourth-order valence-corrected chi connectivity index (χ4v) is 3.35. The molecule has 0 aliphatic carbocycles. The van der Waals surface area contributed by atoms with Gasteiger partial charge >= 0.3 is 5.97 Å². The molecule has 0 aromatic carbocycles. The number of amides is 1. The molecule has 1 saturated heterocycles. The first-order chi connectivity index (χ1) is 10.1. The van der Waals surface area contributed by atoms with Crippen LogP contribution >= 0.6 is 11.3 Å². The van der Waals surface area contributed by atoms with Crippen LogP contribution in [0.15, 0.2) is 17.5 Å². The van der Waals surface area contributed by atoms with Gasteiger partial charge in [-0.25, -0.2) is 0 Å². The summed E-state index contributed by atoms with van der Waals surface area (Å²) in [7, 11) is 0. The number of nitrogens with zero attached hydrogens (tertiary/aromatic N) is 1. The van der Waals surface area contributed by atoms with Gasteiger partial charge in [-0.1, -0.05) is 6.07 Å². The standard InChI is InChI=1S/C15H22N2O3S/c1-11(17-8-2-4-12(10-17)15(19)20)14(18)16-7-6-13-5-3-9-21-13/h3,5,9,11-12H,2,4,6-8,10H2,1H3,(H,16,18)(H,19,20). The summed E-state index contributed by atoms with van der Waals surface area (Å²) in [6.45, 7) is 3.74. The maximum absolute atomic E-state index is 12.2. The smallest absolute Gasteiger partial charge is 0.307 e. The van der Waals surface area contributed by atoms with Crippen molar-refractivity contribution in [3.05, 3.63) is 22.4 Å².